The van der Waals surface area contributed by atoms with Crippen LogP contribution >= 0.6 is 0 Å². The van der Waals surface area contributed by atoms with Gasteiger partial charge in [0.1, 0.15) is 0 Å². The van der Waals surface area contributed by atoms with Gasteiger partial charge in [-0.2, -0.15) is 5.10 Å². The highest BCUT2D eigenvalue weighted by atomic mass is 16.3. The summed E-state index contributed by atoms with van der Waals surface area (Å²) in [4.78, 5) is 0. The predicted molar refractivity (Wildman–Crippen MR) is 68.8 cm³/mol. The first kappa shape index (κ1) is 12.6. The molecule has 17 heavy (non-hydrogen) atoms. The molecule has 0 aliphatic heterocycles. The Morgan fingerprint density at radius 1 is 1.41 bits per heavy atom. The van der Waals surface area contributed by atoms with Crippen molar-refractivity contribution in [2.24, 2.45) is 5.41 Å². The van der Waals surface area contributed by atoms with Crippen LogP contribution in [-0.2, 0) is 13.0 Å². The first-order chi connectivity index (χ1) is 7.92. The lowest BCUT2D eigenvalue weighted by Crippen LogP contribution is -2.40. The quantitative estimate of drug-likeness (QED) is 0.876. The molecule has 1 atom stereocenters. The summed E-state index contributed by atoms with van der Waals surface area (Å²) in [6.45, 7) is 7.48. The smallest absolute Gasteiger partial charge is 0.0694 e. The summed E-state index contributed by atoms with van der Waals surface area (Å²) in [7, 11) is 0. The van der Waals surface area contributed by atoms with Gasteiger partial charge in [0, 0.05) is 19.2 Å². The van der Waals surface area contributed by atoms with Gasteiger partial charge in [-0.1, -0.05) is 20.3 Å². The van der Waals surface area contributed by atoms with Crippen LogP contribution in [-0.4, -0.2) is 20.5 Å². The van der Waals surface area contributed by atoms with Crippen LogP contribution in [0.2, 0.25) is 0 Å². The van der Waals surface area contributed by atoms with Crippen molar-refractivity contribution in [2.75, 3.05) is 0 Å². The second-order valence-electron chi connectivity index (χ2n) is 6.30. The maximum absolute atomic E-state index is 10.7. The van der Waals surface area contributed by atoms with E-state index in [9.17, 15) is 5.11 Å². The molecule has 1 fully saturated rings. The maximum atomic E-state index is 10.7. The number of aliphatic hydroxyl groups is 1. The van der Waals surface area contributed by atoms with Crippen molar-refractivity contribution < 1.29 is 5.11 Å². The zero-order valence-electron chi connectivity index (χ0n) is 11.2. The van der Waals surface area contributed by atoms with Crippen LogP contribution < -0.4 is 0 Å². The van der Waals surface area contributed by atoms with E-state index in [1.807, 2.05) is 10.9 Å². The van der Waals surface area contributed by atoms with Gasteiger partial charge in [0.25, 0.3) is 0 Å². The van der Waals surface area contributed by atoms with Crippen molar-refractivity contribution in [1.29, 1.82) is 0 Å². The minimum Gasteiger partial charge on any atom is -0.390 e. The Morgan fingerprint density at radius 3 is 2.76 bits per heavy atom. The number of aryl methyl sites for hydroxylation is 1. The highest BCUT2D eigenvalue weighted by Gasteiger charge is 2.38. The third kappa shape index (κ3) is 3.09. The molecule has 1 aromatic rings. The summed E-state index contributed by atoms with van der Waals surface area (Å²) < 4.78 is 1.92. The lowest BCUT2D eigenvalue weighted by Gasteiger charge is -2.41. The van der Waals surface area contributed by atoms with Crippen LogP contribution in [0.4, 0.5) is 0 Å². The molecule has 0 bridgehead atoms. The van der Waals surface area contributed by atoms with Gasteiger partial charge in [0.15, 0.2) is 0 Å². The fourth-order valence-corrected chi connectivity index (χ4v) is 3.17. The van der Waals surface area contributed by atoms with E-state index in [0.717, 1.165) is 37.8 Å². The van der Waals surface area contributed by atoms with Crippen LogP contribution in [0.25, 0.3) is 0 Å². The van der Waals surface area contributed by atoms with E-state index in [2.05, 4.69) is 32.1 Å². The Balaban J connectivity index is 2.06. The standard InChI is InChI=1S/C14H24N2O/c1-4-16-10-12(9-15-16)8-14(17)7-5-6-13(2,3)11-14/h9-10,17H,4-8,11H2,1-3H3. The van der Waals surface area contributed by atoms with Gasteiger partial charge in [-0.3, -0.25) is 4.68 Å². The van der Waals surface area contributed by atoms with Gasteiger partial charge in [0.05, 0.1) is 11.8 Å². The third-order valence-electron chi connectivity index (χ3n) is 3.85. The van der Waals surface area contributed by atoms with E-state index < -0.39 is 5.60 Å². The van der Waals surface area contributed by atoms with E-state index in [4.69, 9.17) is 0 Å². The topological polar surface area (TPSA) is 38.0 Å². The van der Waals surface area contributed by atoms with Crippen molar-refractivity contribution in [3.63, 3.8) is 0 Å². The molecule has 1 unspecified atom stereocenters. The zero-order chi connectivity index (χ0) is 12.5. The molecule has 1 saturated carbocycles. The van der Waals surface area contributed by atoms with Gasteiger partial charge in [-0.05, 0) is 37.2 Å². The number of aromatic nitrogens is 2. The SMILES string of the molecule is CCn1cc(CC2(O)CCCC(C)(C)C2)cn1. The highest BCUT2D eigenvalue weighted by Crippen LogP contribution is 2.42. The highest BCUT2D eigenvalue weighted by molar-refractivity contribution is 5.10. The Morgan fingerprint density at radius 2 is 2.18 bits per heavy atom. The monoisotopic (exact) mass is 236 g/mol. The summed E-state index contributed by atoms with van der Waals surface area (Å²) in [5.74, 6) is 0. The van der Waals surface area contributed by atoms with Gasteiger partial charge in [-0.25, -0.2) is 0 Å². The Hall–Kier alpha value is -0.830. The number of nitrogens with zero attached hydrogens (tertiary/aromatic N) is 2. The van der Waals surface area contributed by atoms with E-state index in [0.29, 0.717) is 0 Å². The molecule has 0 spiro atoms. The predicted octanol–water partition coefficient (Wildman–Crippen LogP) is 2.78. The van der Waals surface area contributed by atoms with Crippen LogP contribution in [0.1, 0.15) is 52.0 Å². The molecule has 3 heteroatoms. The average Bonchev–Trinajstić information content (AvgIpc) is 2.62. The van der Waals surface area contributed by atoms with Crippen LogP contribution in [0.3, 0.4) is 0 Å². The summed E-state index contributed by atoms with van der Waals surface area (Å²) in [5.41, 5.74) is 0.906. The van der Waals surface area contributed by atoms with Crippen LogP contribution in [0.5, 0.6) is 0 Å². The molecular weight excluding hydrogens is 212 g/mol. The molecule has 96 valence electrons. The second-order valence-corrected chi connectivity index (χ2v) is 6.30. The first-order valence-electron chi connectivity index (χ1n) is 6.66. The van der Waals surface area contributed by atoms with Crippen LogP contribution in [0, 0.1) is 5.41 Å². The lowest BCUT2D eigenvalue weighted by atomic mass is 9.68. The molecule has 3 nitrogen and oxygen atoms in total. The normalized spacial score (nSPS) is 28.2. The Bertz CT molecular complexity index is 383. The molecule has 1 heterocycles. The molecule has 1 aliphatic carbocycles. The minimum absolute atomic E-state index is 0.272. The first-order valence-corrected chi connectivity index (χ1v) is 6.66. The van der Waals surface area contributed by atoms with Crippen molar-refractivity contribution in [3.05, 3.63) is 18.0 Å². The number of hydrogen-bond donors (Lipinski definition) is 1. The van der Waals surface area contributed by atoms with Gasteiger partial charge >= 0.3 is 0 Å². The zero-order valence-corrected chi connectivity index (χ0v) is 11.2. The molecule has 2 rings (SSSR count). The molecule has 0 saturated heterocycles. The number of hydrogen-bond acceptors (Lipinski definition) is 2. The third-order valence-corrected chi connectivity index (χ3v) is 3.85. The summed E-state index contributed by atoms with van der Waals surface area (Å²) in [5, 5.41) is 15.0. The van der Waals surface area contributed by atoms with E-state index in [1.165, 1.54) is 6.42 Å². The molecule has 1 aromatic heterocycles. The lowest BCUT2D eigenvalue weighted by molar-refractivity contribution is -0.0382. The van der Waals surface area contributed by atoms with E-state index >= 15 is 0 Å². The molecule has 0 aromatic carbocycles. The van der Waals surface area contributed by atoms with E-state index in [1.54, 1.807) is 0 Å². The molecular formula is C14H24N2O. The molecule has 1 N–H and O–H groups in total. The average molecular weight is 236 g/mol. The largest absolute Gasteiger partial charge is 0.390 e. The summed E-state index contributed by atoms with van der Waals surface area (Å²) >= 11 is 0. The molecule has 0 amide bonds. The molecule has 1 aliphatic rings. The summed E-state index contributed by atoms with van der Waals surface area (Å²) in [6.07, 6.45) is 8.87. The van der Waals surface area contributed by atoms with Crippen molar-refractivity contribution in [1.82, 2.24) is 9.78 Å². The van der Waals surface area contributed by atoms with E-state index in [-0.39, 0.29) is 5.41 Å². The Kier molecular flexibility index (Phi) is 3.30. The fourth-order valence-electron chi connectivity index (χ4n) is 3.17. The van der Waals surface area contributed by atoms with Crippen molar-refractivity contribution in [2.45, 2.75) is 65.0 Å². The minimum atomic E-state index is -0.524. The van der Waals surface area contributed by atoms with Gasteiger partial charge < -0.3 is 5.11 Å². The van der Waals surface area contributed by atoms with Crippen LogP contribution in [0.15, 0.2) is 12.4 Å². The van der Waals surface area contributed by atoms with Gasteiger partial charge in [0.2, 0.25) is 0 Å². The maximum Gasteiger partial charge on any atom is 0.0694 e. The number of rotatable bonds is 3. The summed E-state index contributed by atoms with van der Waals surface area (Å²) in [6, 6.07) is 0. The van der Waals surface area contributed by atoms with Gasteiger partial charge in [-0.15, -0.1) is 0 Å². The van der Waals surface area contributed by atoms with Crippen molar-refractivity contribution >= 4 is 0 Å². The van der Waals surface area contributed by atoms with Crippen molar-refractivity contribution in [3.8, 4) is 0 Å². The fraction of sp³-hybridized carbons (Fsp3) is 0.786. The second kappa shape index (κ2) is 4.45. The molecule has 0 radical (unpaired) electrons. The Labute approximate surface area is 104 Å².